The quantitative estimate of drug-likeness (QED) is 0.346. The molecule has 0 bridgehead atoms. The number of aliphatic carboxylic acids is 1. The van der Waals surface area contributed by atoms with Crippen LogP contribution in [-0.4, -0.2) is 47.4 Å². The average Bonchev–Trinajstić information content (AvgIpc) is 2.99. The molecule has 3 rings (SSSR count). The Kier molecular flexibility index (Phi) is 6.96. The van der Waals surface area contributed by atoms with Crippen molar-refractivity contribution in [1.29, 1.82) is 0 Å². The molecule has 0 radical (unpaired) electrons. The van der Waals surface area contributed by atoms with Gasteiger partial charge < -0.3 is 9.84 Å². The zero-order valence-corrected chi connectivity index (χ0v) is 19.4. The Morgan fingerprint density at radius 1 is 1.28 bits per heavy atom. The average molecular weight is 446 g/mol. The van der Waals surface area contributed by atoms with Crippen molar-refractivity contribution >= 4 is 23.8 Å². The second-order valence-corrected chi connectivity index (χ2v) is 10.1. The first-order valence-corrected chi connectivity index (χ1v) is 11.6. The molecule has 3 aliphatic rings. The molecule has 0 aromatic heterocycles. The summed E-state index contributed by atoms with van der Waals surface area (Å²) in [5.41, 5.74) is 1.02. The summed E-state index contributed by atoms with van der Waals surface area (Å²) < 4.78 is 5.18. The van der Waals surface area contributed by atoms with Gasteiger partial charge in [-0.25, -0.2) is 0 Å². The van der Waals surface area contributed by atoms with Gasteiger partial charge in [-0.2, -0.15) is 0 Å². The SMILES string of the molecule is C=C1CC[C@H]2[C@](C)(CCC[C@]2(C)C(=O)OC)[C@H]1CCC1=CC(=O)N(CCCC(=O)O)C1=O. The summed E-state index contributed by atoms with van der Waals surface area (Å²) in [6.07, 6.45) is 7.28. The van der Waals surface area contributed by atoms with Crippen molar-refractivity contribution in [2.75, 3.05) is 13.7 Å². The number of carbonyl (C=O) groups is 4. The van der Waals surface area contributed by atoms with Gasteiger partial charge in [-0.05, 0) is 69.1 Å². The number of carbonyl (C=O) groups excluding carboxylic acids is 3. The summed E-state index contributed by atoms with van der Waals surface area (Å²) in [5, 5.41) is 8.79. The Morgan fingerprint density at radius 3 is 2.66 bits per heavy atom. The molecule has 7 nitrogen and oxygen atoms in total. The number of hydrogen-bond donors (Lipinski definition) is 1. The first kappa shape index (κ1) is 24.2. The molecule has 32 heavy (non-hydrogen) atoms. The van der Waals surface area contributed by atoms with Crippen molar-refractivity contribution in [3.05, 3.63) is 23.8 Å². The van der Waals surface area contributed by atoms with E-state index in [4.69, 9.17) is 9.84 Å². The van der Waals surface area contributed by atoms with Crippen molar-refractivity contribution in [2.24, 2.45) is 22.7 Å². The smallest absolute Gasteiger partial charge is 0.311 e. The Labute approximate surface area is 189 Å². The van der Waals surface area contributed by atoms with E-state index in [2.05, 4.69) is 13.5 Å². The van der Waals surface area contributed by atoms with Gasteiger partial charge in [0.2, 0.25) is 0 Å². The summed E-state index contributed by atoms with van der Waals surface area (Å²) in [4.78, 5) is 49.6. The summed E-state index contributed by atoms with van der Waals surface area (Å²) in [6.45, 7) is 8.75. The number of rotatable bonds is 8. The van der Waals surface area contributed by atoms with Gasteiger partial charge in [0, 0.05) is 24.6 Å². The molecule has 1 N–H and O–H groups in total. The molecular formula is C25H35NO6. The normalized spacial score (nSPS) is 32.5. The molecule has 1 heterocycles. The minimum atomic E-state index is -0.942. The third-order valence-corrected chi connectivity index (χ3v) is 8.23. The van der Waals surface area contributed by atoms with Gasteiger partial charge in [-0.3, -0.25) is 24.1 Å². The highest BCUT2D eigenvalue weighted by Gasteiger charge is 2.57. The maximum absolute atomic E-state index is 12.7. The predicted molar refractivity (Wildman–Crippen MR) is 118 cm³/mol. The van der Waals surface area contributed by atoms with Crippen LogP contribution in [0.25, 0.3) is 0 Å². The molecule has 2 saturated carbocycles. The van der Waals surface area contributed by atoms with E-state index in [1.165, 1.54) is 13.2 Å². The van der Waals surface area contributed by atoms with E-state index in [-0.39, 0.29) is 54.4 Å². The molecular weight excluding hydrogens is 410 g/mol. The summed E-state index contributed by atoms with van der Waals surface area (Å²) in [7, 11) is 1.45. The van der Waals surface area contributed by atoms with Crippen LogP contribution in [0.4, 0.5) is 0 Å². The number of hydrogen-bond acceptors (Lipinski definition) is 5. The van der Waals surface area contributed by atoms with E-state index in [0.29, 0.717) is 18.4 Å². The van der Waals surface area contributed by atoms with Gasteiger partial charge >= 0.3 is 11.9 Å². The number of amides is 2. The lowest BCUT2D eigenvalue weighted by Gasteiger charge is -2.57. The monoisotopic (exact) mass is 445 g/mol. The van der Waals surface area contributed by atoms with Crippen molar-refractivity contribution in [1.82, 2.24) is 4.90 Å². The number of imide groups is 1. The summed E-state index contributed by atoms with van der Waals surface area (Å²) in [5.74, 6) is -1.41. The van der Waals surface area contributed by atoms with Gasteiger partial charge in [-0.15, -0.1) is 0 Å². The topological polar surface area (TPSA) is 101 Å². The fraction of sp³-hybridized carbons (Fsp3) is 0.680. The van der Waals surface area contributed by atoms with Gasteiger partial charge in [0.15, 0.2) is 0 Å². The lowest BCUT2D eigenvalue weighted by molar-refractivity contribution is -0.168. The van der Waals surface area contributed by atoms with E-state index in [1.54, 1.807) is 0 Å². The molecule has 1 aliphatic heterocycles. The lowest BCUT2D eigenvalue weighted by Crippen LogP contribution is -2.53. The molecule has 7 heteroatoms. The van der Waals surface area contributed by atoms with Crippen LogP contribution >= 0.6 is 0 Å². The van der Waals surface area contributed by atoms with Crippen molar-refractivity contribution in [2.45, 2.75) is 71.6 Å². The Balaban J connectivity index is 1.71. The van der Waals surface area contributed by atoms with E-state index >= 15 is 0 Å². The van der Waals surface area contributed by atoms with Gasteiger partial charge in [-0.1, -0.05) is 25.5 Å². The van der Waals surface area contributed by atoms with Gasteiger partial charge in [0.25, 0.3) is 11.8 Å². The fourth-order valence-corrected chi connectivity index (χ4v) is 6.60. The van der Waals surface area contributed by atoms with Crippen LogP contribution in [0, 0.1) is 22.7 Å². The number of methoxy groups -OCH3 is 1. The first-order valence-electron chi connectivity index (χ1n) is 11.6. The highest BCUT2D eigenvalue weighted by Crippen LogP contribution is 2.62. The third kappa shape index (κ3) is 4.26. The van der Waals surface area contributed by atoms with E-state index in [0.717, 1.165) is 42.6 Å². The maximum atomic E-state index is 12.7. The molecule has 2 amide bonds. The van der Waals surface area contributed by atoms with Crippen LogP contribution in [0.3, 0.4) is 0 Å². The van der Waals surface area contributed by atoms with E-state index < -0.39 is 11.4 Å². The van der Waals surface area contributed by atoms with Crippen LogP contribution in [0.5, 0.6) is 0 Å². The minimum absolute atomic E-state index is 0.0764. The highest BCUT2D eigenvalue weighted by atomic mass is 16.5. The molecule has 0 spiro atoms. The molecule has 176 valence electrons. The number of carboxylic acid groups (broad SMARTS) is 1. The minimum Gasteiger partial charge on any atom is -0.481 e. The zero-order valence-electron chi connectivity index (χ0n) is 19.4. The molecule has 4 atom stereocenters. The summed E-state index contributed by atoms with van der Waals surface area (Å²) >= 11 is 0. The predicted octanol–water partition coefficient (Wildman–Crippen LogP) is 3.88. The molecule has 0 aromatic rings. The lowest BCUT2D eigenvalue weighted by atomic mass is 9.46. The molecule has 0 saturated heterocycles. The number of carboxylic acids is 1. The van der Waals surface area contributed by atoms with Crippen molar-refractivity contribution in [3.63, 3.8) is 0 Å². The highest BCUT2D eigenvalue weighted by molar-refractivity contribution is 6.16. The largest absolute Gasteiger partial charge is 0.481 e. The number of ether oxygens (including phenoxy) is 1. The van der Waals surface area contributed by atoms with Crippen molar-refractivity contribution in [3.8, 4) is 0 Å². The fourth-order valence-electron chi connectivity index (χ4n) is 6.60. The third-order valence-electron chi connectivity index (χ3n) is 8.23. The number of allylic oxidation sites excluding steroid dienone is 1. The second-order valence-electron chi connectivity index (χ2n) is 10.1. The second kappa shape index (κ2) is 9.20. The van der Waals surface area contributed by atoms with E-state index in [9.17, 15) is 19.2 Å². The van der Waals surface area contributed by atoms with Crippen LogP contribution in [0.2, 0.25) is 0 Å². The Bertz CT molecular complexity index is 860. The molecule has 0 unspecified atom stereocenters. The van der Waals surface area contributed by atoms with Gasteiger partial charge in [0.1, 0.15) is 0 Å². The van der Waals surface area contributed by atoms with Crippen LogP contribution in [0.15, 0.2) is 23.8 Å². The van der Waals surface area contributed by atoms with Crippen LogP contribution in [-0.2, 0) is 23.9 Å². The van der Waals surface area contributed by atoms with Crippen LogP contribution < -0.4 is 0 Å². The molecule has 2 fully saturated rings. The molecule has 0 aromatic carbocycles. The van der Waals surface area contributed by atoms with Gasteiger partial charge in [0.05, 0.1) is 12.5 Å². The Hall–Kier alpha value is -2.44. The zero-order chi connectivity index (χ0) is 23.7. The number of nitrogens with zero attached hydrogens (tertiary/aromatic N) is 1. The first-order chi connectivity index (χ1) is 15.0. The number of fused-ring (bicyclic) bond motifs is 1. The maximum Gasteiger partial charge on any atom is 0.311 e. The molecule has 2 aliphatic carbocycles. The Morgan fingerprint density at radius 2 is 2.00 bits per heavy atom. The van der Waals surface area contributed by atoms with Crippen LogP contribution in [0.1, 0.15) is 71.6 Å². The van der Waals surface area contributed by atoms with E-state index in [1.807, 2.05) is 6.92 Å². The number of esters is 1. The standard InChI is InChI=1S/C25H35NO6/c1-16-8-11-19-24(2,12-6-13-25(19,3)23(31)32-4)18(16)10-9-17-15-20(27)26(22(17)30)14-5-7-21(28)29/h15,18-19H,1,5-14H2,2-4H3,(H,28,29)/t18-,19-,24+,25-/m0/s1. The summed E-state index contributed by atoms with van der Waals surface area (Å²) in [6, 6.07) is 0. The van der Waals surface area contributed by atoms with Crippen molar-refractivity contribution < 1.29 is 29.0 Å².